The minimum Gasteiger partial charge on any atom is -0.387 e. The van der Waals surface area contributed by atoms with E-state index >= 15 is 0 Å². The zero-order valence-electron chi connectivity index (χ0n) is 15.7. The number of rotatable bonds is 15. The molecule has 0 aromatic heterocycles. The maximum atomic E-state index is 10.0. The highest BCUT2D eigenvalue weighted by molar-refractivity contribution is 4.57. The number of unbranched alkanes of at least 4 members (excludes halogenated alkanes) is 7. The Morgan fingerprint density at radius 1 is 0.682 bits per heavy atom. The van der Waals surface area contributed by atoms with Gasteiger partial charge in [0.1, 0.15) is 25.3 Å². The molecule has 0 spiro atoms. The average Bonchev–Trinajstić information content (AvgIpc) is 2.49. The Hall–Kier alpha value is -0.120. The van der Waals surface area contributed by atoms with Crippen LogP contribution in [0, 0.1) is 0 Å². The fourth-order valence-electron chi connectivity index (χ4n) is 3.16. The Morgan fingerprint density at radius 2 is 1.09 bits per heavy atom. The van der Waals surface area contributed by atoms with Crippen LogP contribution in [0.5, 0.6) is 0 Å². The van der Waals surface area contributed by atoms with E-state index in [0.717, 1.165) is 37.0 Å². The number of quaternary nitrogens is 1. The molecule has 0 heterocycles. The van der Waals surface area contributed by atoms with Crippen molar-refractivity contribution in [3.63, 3.8) is 0 Å². The normalized spacial score (nSPS) is 17.2. The summed E-state index contributed by atoms with van der Waals surface area (Å²) in [5.41, 5.74) is 0. The second kappa shape index (κ2) is 13.3. The lowest BCUT2D eigenvalue weighted by Crippen LogP contribution is -2.53. The molecule has 2 atom stereocenters. The smallest absolute Gasteiger partial charge is 0.105 e. The summed E-state index contributed by atoms with van der Waals surface area (Å²) >= 11 is 0. The summed E-state index contributed by atoms with van der Waals surface area (Å²) in [5, 5.41) is 20.0. The maximum Gasteiger partial charge on any atom is 0.105 e. The van der Waals surface area contributed by atoms with Crippen LogP contribution in [-0.2, 0) is 0 Å². The fraction of sp³-hybridized carbons (Fsp3) is 1.00. The van der Waals surface area contributed by atoms with Crippen LogP contribution in [0.4, 0.5) is 0 Å². The van der Waals surface area contributed by atoms with Crippen molar-refractivity contribution in [2.24, 2.45) is 0 Å². The zero-order valence-corrected chi connectivity index (χ0v) is 15.7. The molecule has 134 valence electrons. The zero-order chi connectivity index (χ0) is 16.8. The number of hydrogen-bond acceptors (Lipinski definition) is 2. The number of nitrogens with zero attached hydrogens (tertiary/aromatic N) is 1. The van der Waals surface area contributed by atoms with E-state index in [0.29, 0.717) is 0 Å². The van der Waals surface area contributed by atoms with Gasteiger partial charge in [-0.05, 0) is 25.7 Å². The second-order valence-corrected chi connectivity index (χ2v) is 7.31. The number of aliphatic hydroxyl groups is 2. The molecule has 0 aromatic carbocycles. The van der Waals surface area contributed by atoms with E-state index in [1.807, 2.05) is 13.8 Å². The van der Waals surface area contributed by atoms with Gasteiger partial charge in [-0.1, -0.05) is 59.3 Å². The first-order valence-electron chi connectivity index (χ1n) is 9.67. The predicted molar refractivity (Wildman–Crippen MR) is 96.0 cm³/mol. The Bertz CT molecular complexity index is 234. The third-order valence-electron chi connectivity index (χ3n) is 4.80. The van der Waals surface area contributed by atoms with Crippen molar-refractivity contribution in [2.45, 2.75) is 97.2 Å². The molecule has 0 aromatic rings. The molecule has 0 amide bonds. The van der Waals surface area contributed by atoms with Gasteiger partial charge in [-0.15, -0.1) is 0 Å². The third kappa shape index (κ3) is 11.4. The van der Waals surface area contributed by atoms with Crippen molar-refractivity contribution >= 4 is 0 Å². The van der Waals surface area contributed by atoms with Crippen LogP contribution in [0.3, 0.4) is 0 Å². The van der Waals surface area contributed by atoms with Crippen LogP contribution >= 0.6 is 0 Å². The quantitative estimate of drug-likeness (QED) is 0.352. The SMILES string of the molecule is CCCCCCCCCC[N+](C)(CC(O)CC)CC(O)CC. The van der Waals surface area contributed by atoms with E-state index in [-0.39, 0.29) is 12.2 Å². The van der Waals surface area contributed by atoms with E-state index in [1.165, 1.54) is 51.4 Å². The summed E-state index contributed by atoms with van der Waals surface area (Å²) in [6, 6.07) is 0. The second-order valence-electron chi connectivity index (χ2n) is 7.31. The summed E-state index contributed by atoms with van der Waals surface area (Å²) in [6.45, 7) is 8.93. The van der Waals surface area contributed by atoms with Crippen molar-refractivity contribution in [2.75, 3.05) is 26.7 Å². The van der Waals surface area contributed by atoms with Gasteiger partial charge in [-0.3, -0.25) is 0 Å². The van der Waals surface area contributed by atoms with E-state index in [4.69, 9.17) is 0 Å². The summed E-state index contributed by atoms with van der Waals surface area (Å²) in [6.07, 6.45) is 11.7. The molecule has 3 nitrogen and oxygen atoms in total. The van der Waals surface area contributed by atoms with E-state index in [2.05, 4.69) is 14.0 Å². The topological polar surface area (TPSA) is 40.5 Å². The molecule has 0 radical (unpaired) electrons. The first kappa shape index (κ1) is 21.9. The monoisotopic (exact) mass is 316 g/mol. The fourth-order valence-corrected chi connectivity index (χ4v) is 3.16. The number of likely N-dealkylation sites (N-methyl/N-ethyl adjacent to an activating group) is 1. The van der Waals surface area contributed by atoms with Gasteiger partial charge in [0.25, 0.3) is 0 Å². The van der Waals surface area contributed by atoms with Crippen molar-refractivity contribution in [3.8, 4) is 0 Å². The van der Waals surface area contributed by atoms with Gasteiger partial charge in [-0.25, -0.2) is 0 Å². The van der Waals surface area contributed by atoms with Gasteiger partial charge < -0.3 is 14.7 Å². The van der Waals surface area contributed by atoms with Crippen LogP contribution in [0.2, 0.25) is 0 Å². The Kier molecular flexibility index (Phi) is 13.3. The minimum atomic E-state index is -0.247. The molecule has 0 aliphatic carbocycles. The molecular formula is C19H42NO2+. The Labute approximate surface area is 139 Å². The summed E-state index contributed by atoms with van der Waals surface area (Å²) in [7, 11) is 2.19. The van der Waals surface area contributed by atoms with Crippen LogP contribution in [-0.4, -0.2) is 53.6 Å². The maximum absolute atomic E-state index is 10.0. The standard InChI is InChI=1S/C19H42NO2/c1-5-8-9-10-11-12-13-14-15-20(4,16-18(21)6-2)17-19(22)7-3/h18-19,21-22H,5-17H2,1-4H3/q+1. The van der Waals surface area contributed by atoms with E-state index in [1.54, 1.807) is 0 Å². The molecule has 0 aliphatic rings. The molecule has 0 rings (SSSR count). The lowest BCUT2D eigenvalue weighted by atomic mass is 10.1. The third-order valence-corrected chi connectivity index (χ3v) is 4.80. The highest BCUT2D eigenvalue weighted by Crippen LogP contribution is 2.14. The number of aliphatic hydroxyl groups excluding tert-OH is 2. The van der Waals surface area contributed by atoms with Crippen molar-refractivity contribution in [3.05, 3.63) is 0 Å². The summed E-state index contributed by atoms with van der Waals surface area (Å²) in [4.78, 5) is 0. The van der Waals surface area contributed by atoms with Crippen LogP contribution in [0.1, 0.15) is 85.0 Å². The molecule has 0 saturated carbocycles. The molecule has 22 heavy (non-hydrogen) atoms. The number of hydrogen-bond donors (Lipinski definition) is 2. The predicted octanol–water partition coefficient (Wildman–Crippen LogP) is 4.12. The van der Waals surface area contributed by atoms with Crippen molar-refractivity contribution in [1.29, 1.82) is 0 Å². The molecule has 0 aliphatic heterocycles. The van der Waals surface area contributed by atoms with Gasteiger partial charge >= 0.3 is 0 Å². The van der Waals surface area contributed by atoms with Crippen molar-refractivity contribution in [1.82, 2.24) is 0 Å². The molecule has 0 fully saturated rings. The Balaban J connectivity index is 4.02. The minimum absolute atomic E-state index is 0.247. The van der Waals surface area contributed by atoms with Crippen LogP contribution in [0.15, 0.2) is 0 Å². The van der Waals surface area contributed by atoms with E-state index < -0.39 is 0 Å². The first-order valence-corrected chi connectivity index (χ1v) is 9.67. The van der Waals surface area contributed by atoms with Crippen LogP contribution < -0.4 is 0 Å². The van der Waals surface area contributed by atoms with E-state index in [9.17, 15) is 10.2 Å². The van der Waals surface area contributed by atoms with Crippen molar-refractivity contribution < 1.29 is 14.7 Å². The average molecular weight is 317 g/mol. The van der Waals surface area contributed by atoms with Crippen LogP contribution in [0.25, 0.3) is 0 Å². The van der Waals surface area contributed by atoms with Gasteiger partial charge in [0.05, 0.1) is 13.6 Å². The summed E-state index contributed by atoms with van der Waals surface area (Å²) in [5.74, 6) is 0. The van der Waals surface area contributed by atoms with Gasteiger partial charge in [-0.2, -0.15) is 0 Å². The van der Waals surface area contributed by atoms with Gasteiger partial charge in [0, 0.05) is 0 Å². The first-order chi connectivity index (χ1) is 10.5. The largest absolute Gasteiger partial charge is 0.387 e. The molecule has 0 bridgehead atoms. The lowest BCUT2D eigenvalue weighted by Gasteiger charge is -2.37. The highest BCUT2D eigenvalue weighted by Gasteiger charge is 2.27. The molecule has 2 unspecified atom stereocenters. The summed E-state index contributed by atoms with van der Waals surface area (Å²) < 4.78 is 0.805. The molecule has 0 saturated heterocycles. The van der Waals surface area contributed by atoms with Gasteiger partial charge in [0.2, 0.25) is 0 Å². The van der Waals surface area contributed by atoms with Gasteiger partial charge in [0.15, 0.2) is 0 Å². The lowest BCUT2D eigenvalue weighted by molar-refractivity contribution is -0.915. The molecule has 3 heteroatoms. The molecule has 2 N–H and O–H groups in total. The Morgan fingerprint density at radius 3 is 1.50 bits per heavy atom. The highest BCUT2D eigenvalue weighted by atomic mass is 16.3. The molecular weight excluding hydrogens is 274 g/mol.